The molecule has 0 aliphatic heterocycles. The summed E-state index contributed by atoms with van der Waals surface area (Å²) < 4.78 is 8.86. The summed E-state index contributed by atoms with van der Waals surface area (Å²) in [5.74, 6) is 0. The molecule has 14 heteroatoms. The van der Waals surface area contributed by atoms with Gasteiger partial charge in [-0.05, 0) is 277 Å². The van der Waals surface area contributed by atoms with Gasteiger partial charge >= 0.3 is 0 Å². The molecule has 0 spiro atoms. The molecule has 0 aliphatic carbocycles. The summed E-state index contributed by atoms with van der Waals surface area (Å²) in [4.78, 5) is 0. The maximum Gasteiger partial charge on any atom is 0.0993 e. The summed E-state index contributed by atoms with van der Waals surface area (Å²) in [6.07, 6.45) is 0. The van der Waals surface area contributed by atoms with Crippen molar-refractivity contribution in [2.45, 2.75) is 0 Å². The van der Waals surface area contributed by atoms with Gasteiger partial charge in [0.2, 0.25) is 0 Å². The van der Waals surface area contributed by atoms with Gasteiger partial charge in [-0.3, -0.25) is 0 Å². The van der Waals surface area contributed by atoms with Crippen molar-refractivity contribution >= 4 is 87.2 Å². The lowest BCUT2D eigenvalue weighted by Crippen LogP contribution is -2.05. The second kappa shape index (κ2) is 31.7. The molecule has 0 unspecified atom stereocenters. The molecular formula is C118H60N14. The van der Waals surface area contributed by atoms with Gasteiger partial charge in [0.05, 0.1) is 183 Å². The molecule has 0 radical (unpaired) electrons. The van der Waals surface area contributed by atoms with E-state index >= 15 is 0 Å². The van der Waals surface area contributed by atoms with Crippen LogP contribution in [0.25, 0.3) is 210 Å². The lowest BCUT2D eigenvalue weighted by atomic mass is 9.91. The van der Waals surface area contributed by atoms with E-state index in [1.54, 1.807) is 48.5 Å². The van der Waals surface area contributed by atoms with Gasteiger partial charge in [0.1, 0.15) is 0 Å². The first-order valence-electron chi connectivity index (χ1n) is 42.5. The molecule has 0 N–H and O–H groups in total. The minimum atomic E-state index is 0.327. The van der Waals surface area contributed by atoms with Gasteiger partial charge in [-0.2, -0.15) is 52.6 Å². The molecule has 4 aromatic heterocycles. The third kappa shape index (κ3) is 13.0. The van der Waals surface area contributed by atoms with Gasteiger partial charge in [0, 0.05) is 54.2 Å². The van der Waals surface area contributed by atoms with E-state index in [-0.39, 0.29) is 0 Å². The second-order valence-electron chi connectivity index (χ2n) is 32.7. The number of hydrogen-bond donors (Lipinski definition) is 0. The van der Waals surface area contributed by atoms with Crippen molar-refractivity contribution in [2.24, 2.45) is 0 Å². The van der Waals surface area contributed by atoms with Crippen LogP contribution in [0.4, 0.5) is 0 Å². The predicted octanol–water partition coefficient (Wildman–Crippen LogP) is 27.8. The fraction of sp³-hybridized carbons (Fsp3) is 0. The Labute approximate surface area is 756 Å². The van der Waals surface area contributed by atoms with E-state index in [0.717, 1.165) is 176 Å². The largest absolute Gasteiger partial charge is 0.308 e. The highest BCUT2D eigenvalue weighted by atomic mass is 15.0. The van der Waals surface area contributed by atoms with Gasteiger partial charge in [0.25, 0.3) is 0 Å². The number of fused-ring (bicyclic) bond motifs is 12. The van der Waals surface area contributed by atoms with Crippen LogP contribution in [0.1, 0.15) is 55.6 Å². The van der Waals surface area contributed by atoms with Crippen molar-refractivity contribution in [3.8, 4) is 184 Å². The Balaban J connectivity index is 0.796. The molecule has 14 nitrogen and oxygen atoms in total. The number of rotatable bonds is 13. The molecule has 22 rings (SSSR count). The number of nitrogens with zero attached hydrogens (tertiary/aromatic N) is 14. The van der Waals surface area contributed by atoms with Crippen LogP contribution in [0, 0.1) is 113 Å². The molecule has 22 aromatic rings. The van der Waals surface area contributed by atoms with Gasteiger partial charge in [-0.1, -0.05) is 176 Å². The maximum absolute atomic E-state index is 11.8. The first kappa shape index (κ1) is 78.1. The Morgan fingerprint density at radius 1 is 0.136 bits per heavy atom. The van der Waals surface area contributed by atoms with Crippen LogP contribution in [0.15, 0.2) is 364 Å². The summed E-state index contributed by atoms with van der Waals surface area (Å²) in [5.41, 5.74) is 28.4. The lowest BCUT2D eigenvalue weighted by molar-refractivity contribution is 1.13. The average molecular weight is 1670 g/mol. The zero-order valence-corrected chi connectivity index (χ0v) is 69.9. The summed E-state index contributed by atoms with van der Waals surface area (Å²) in [6, 6.07) is 143. The molecule has 132 heavy (non-hydrogen) atoms. The summed E-state index contributed by atoms with van der Waals surface area (Å²) in [5, 5.41) is 113. The third-order valence-corrected chi connectivity index (χ3v) is 25.5. The highest BCUT2D eigenvalue weighted by Crippen LogP contribution is 2.50. The van der Waals surface area contributed by atoms with Crippen LogP contribution >= 0.6 is 0 Å². The summed E-state index contributed by atoms with van der Waals surface area (Å²) >= 11 is 0. The van der Waals surface area contributed by atoms with Crippen molar-refractivity contribution in [3.05, 3.63) is 420 Å². The second-order valence-corrected chi connectivity index (χ2v) is 32.7. The van der Waals surface area contributed by atoms with Crippen LogP contribution in [0.5, 0.6) is 0 Å². The molecule has 0 saturated carbocycles. The molecule has 0 bridgehead atoms. The minimum absolute atomic E-state index is 0.327. The molecule has 0 atom stereocenters. The van der Waals surface area contributed by atoms with E-state index in [2.05, 4.69) is 218 Å². The molecular weight excluding hydrogens is 1610 g/mol. The lowest BCUT2D eigenvalue weighted by Gasteiger charge is -2.21. The Bertz CT molecular complexity index is 9130. The molecule has 4 heterocycles. The highest BCUT2D eigenvalue weighted by molar-refractivity contribution is 6.17. The maximum atomic E-state index is 11.8. The normalized spacial score (nSPS) is 11.1. The van der Waals surface area contributed by atoms with Crippen LogP contribution in [-0.2, 0) is 0 Å². The molecule has 0 amide bonds. The molecule has 0 fully saturated rings. The Morgan fingerprint density at radius 3 is 0.742 bits per heavy atom. The van der Waals surface area contributed by atoms with Crippen molar-refractivity contribution in [3.63, 3.8) is 0 Å². The number of para-hydroxylation sites is 1. The quantitative estimate of drug-likeness (QED) is 0.105. The van der Waals surface area contributed by atoms with E-state index < -0.39 is 0 Å². The van der Waals surface area contributed by atoms with Crippen LogP contribution in [0.2, 0.25) is 0 Å². The molecule has 18 aromatic carbocycles. The topological polar surface area (TPSA) is 258 Å². The number of hydrogen-bond acceptors (Lipinski definition) is 10. The van der Waals surface area contributed by atoms with E-state index in [1.165, 1.54) is 0 Å². The Hall–Kier alpha value is -19.9. The zero-order valence-electron chi connectivity index (χ0n) is 69.9. The van der Waals surface area contributed by atoms with Crippen molar-refractivity contribution in [1.82, 2.24) is 18.3 Å². The summed E-state index contributed by atoms with van der Waals surface area (Å²) in [6.45, 7) is 0. The van der Waals surface area contributed by atoms with E-state index in [0.29, 0.717) is 89.5 Å². The first-order valence-corrected chi connectivity index (χ1v) is 42.5. The smallest absolute Gasteiger partial charge is 0.0993 e. The molecule has 0 aliphatic rings. The van der Waals surface area contributed by atoms with Gasteiger partial charge in [-0.15, -0.1) is 0 Å². The predicted molar refractivity (Wildman–Crippen MR) is 520 cm³/mol. The van der Waals surface area contributed by atoms with Crippen LogP contribution in [-0.4, -0.2) is 18.3 Å². The fourth-order valence-corrected chi connectivity index (χ4v) is 19.2. The number of aromatic nitrogens is 4. The van der Waals surface area contributed by atoms with Crippen LogP contribution in [0.3, 0.4) is 0 Å². The standard InChI is InChI=1S/C118H60N14/c119-61-71-11-22-81(23-12-71)86-36-44-106-102(54-86)96-9-1-2-10-105(96)129(106)113-50-79(69-127)51-114(117(113)93-7-3-5-76(47-93)66-124)130-107-45-37-87(82-24-13-72(62-120)14-25-82)55-103(107)104-56-91(38-46-108(104)130)101-49-78(68-126)21-39-95(101)92-35-43-100-99-42-34-90(85-30-19-75(65-123)20-31-85)59-111(99)132(112(100)60-92)116-53-80(70-128)52-115(118(116)94-8-4-6-77(48-94)67-125)131-109-57-88(83-26-15-73(63-121)16-27-83)32-40-97(109)98-41-33-89(58-110(98)131)84-28-17-74(64-122)18-29-84/h1-60H. The summed E-state index contributed by atoms with van der Waals surface area (Å²) in [7, 11) is 0. The number of nitriles is 10. The average Bonchev–Trinajstić information content (AvgIpc) is 1.56. The zero-order chi connectivity index (χ0) is 89.5. The molecule has 602 valence electrons. The van der Waals surface area contributed by atoms with Crippen molar-refractivity contribution in [1.29, 1.82) is 52.6 Å². The van der Waals surface area contributed by atoms with Crippen LogP contribution < -0.4 is 0 Å². The first-order chi connectivity index (χ1) is 64.9. The third-order valence-electron chi connectivity index (χ3n) is 25.5. The minimum Gasteiger partial charge on any atom is -0.308 e. The van der Waals surface area contributed by atoms with E-state index in [1.807, 2.05) is 176 Å². The van der Waals surface area contributed by atoms with Gasteiger partial charge in [-0.25, -0.2) is 0 Å². The fourth-order valence-electron chi connectivity index (χ4n) is 19.2. The van der Waals surface area contributed by atoms with E-state index in [4.69, 9.17) is 0 Å². The SMILES string of the molecule is N#Cc1ccc(-c2ccc3c(c2)c2ccccc2n3-c2cc(C#N)cc(-n3c4ccc(-c5ccc(C#N)cc5)cc4c4cc(-c5cc(C#N)ccc5-c5ccc6c7ccc(-c8ccc(C#N)cc8)cc7n(-c7cc(C#N)cc(-n8c9cc(-c%10ccc(C#N)cc%10)ccc9c9ccc(-c%10ccc(C#N)cc%10)cc98)c7-c7cccc(C#N)c7)c6c5)ccc43)c2-c2cccc(C#N)c2)cc1. The Kier molecular flexibility index (Phi) is 18.7. The van der Waals surface area contributed by atoms with E-state index in [9.17, 15) is 52.6 Å². The Morgan fingerprint density at radius 2 is 0.386 bits per heavy atom. The molecule has 0 saturated heterocycles. The monoisotopic (exact) mass is 1670 g/mol. The number of benzene rings is 18. The highest BCUT2D eigenvalue weighted by Gasteiger charge is 2.29. The van der Waals surface area contributed by atoms with Gasteiger partial charge < -0.3 is 18.3 Å². The van der Waals surface area contributed by atoms with Crippen molar-refractivity contribution < 1.29 is 0 Å². The van der Waals surface area contributed by atoms with Crippen molar-refractivity contribution in [2.75, 3.05) is 0 Å². The van der Waals surface area contributed by atoms with Gasteiger partial charge in [0.15, 0.2) is 0 Å².